The number of nitrogens with one attached hydrogen (secondary N) is 2. The van der Waals surface area contributed by atoms with Gasteiger partial charge in [0, 0.05) is 21.5 Å². The molecule has 0 radical (unpaired) electrons. The van der Waals surface area contributed by atoms with Crippen molar-refractivity contribution < 1.29 is 10.2 Å². The van der Waals surface area contributed by atoms with E-state index in [1.54, 1.807) is 24.4 Å². The molecule has 0 fully saturated rings. The van der Waals surface area contributed by atoms with Gasteiger partial charge >= 0.3 is 0 Å². The molecule has 1 unspecified atom stereocenters. The van der Waals surface area contributed by atoms with Crippen molar-refractivity contribution in [2.75, 3.05) is 17.7 Å². The topological polar surface area (TPSA) is 120 Å². The Morgan fingerprint density at radius 2 is 1.82 bits per heavy atom. The van der Waals surface area contributed by atoms with E-state index in [0.717, 1.165) is 27.6 Å². The molecule has 7 nitrogen and oxygen atoms in total. The van der Waals surface area contributed by atoms with Gasteiger partial charge in [-0.2, -0.15) is 5.10 Å². The standard InChI is InChI=1S/C26H22ClN5O2/c27-17-7-9-24(34)21(11-17)25-19(16-6-8-22-20(10-16)26(28)32-31-22)12-18(13-29-25)30-23(14-33)15-4-2-1-3-5-15/h1-13,23,30,33-34H,14H2,(H3,28,31,32). The zero-order valence-corrected chi connectivity index (χ0v) is 18.8. The number of fused-ring (bicyclic) bond motifs is 1. The van der Waals surface area contributed by atoms with E-state index >= 15 is 0 Å². The van der Waals surface area contributed by atoms with Crippen LogP contribution in [0.25, 0.3) is 33.3 Å². The second kappa shape index (κ2) is 9.05. The van der Waals surface area contributed by atoms with Gasteiger partial charge in [-0.1, -0.05) is 48.0 Å². The van der Waals surface area contributed by atoms with E-state index in [2.05, 4.69) is 20.5 Å². The van der Waals surface area contributed by atoms with Gasteiger partial charge in [0.15, 0.2) is 5.82 Å². The number of H-pyrrole nitrogens is 1. The lowest BCUT2D eigenvalue weighted by Gasteiger charge is -2.20. The molecule has 3 aromatic carbocycles. The number of hydrogen-bond acceptors (Lipinski definition) is 6. The van der Waals surface area contributed by atoms with E-state index in [-0.39, 0.29) is 18.4 Å². The number of phenolic OH excluding ortho intramolecular Hbond substituents is 1. The number of nitrogens with two attached hydrogens (primary N) is 1. The first-order valence-electron chi connectivity index (χ1n) is 10.7. The number of aromatic hydroxyl groups is 1. The molecule has 0 amide bonds. The predicted molar refractivity (Wildman–Crippen MR) is 136 cm³/mol. The Kier molecular flexibility index (Phi) is 5.79. The van der Waals surface area contributed by atoms with Gasteiger partial charge in [0.05, 0.1) is 35.7 Å². The van der Waals surface area contributed by atoms with Crippen LogP contribution in [0.4, 0.5) is 11.5 Å². The summed E-state index contributed by atoms with van der Waals surface area (Å²) < 4.78 is 0. The molecular weight excluding hydrogens is 450 g/mol. The SMILES string of the molecule is Nc1n[nH]c2ccc(-c3cc(NC(CO)c4ccccc4)cnc3-c3cc(Cl)ccc3O)cc12. The Bertz CT molecular complexity index is 1470. The van der Waals surface area contributed by atoms with Crippen LogP contribution in [0.3, 0.4) is 0 Å². The third-order valence-electron chi connectivity index (χ3n) is 5.73. The summed E-state index contributed by atoms with van der Waals surface area (Å²) in [4.78, 5) is 4.68. The summed E-state index contributed by atoms with van der Waals surface area (Å²) in [6.45, 7) is -0.0896. The smallest absolute Gasteiger partial charge is 0.153 e. The highest BCUT2D eigenvalue weighted by Crippen LogP contribution is 2.39. The molecule has 1 atom stereocenters. The average molecular weight is 472 g/mol. The molecule has 0 aliphatic heterocycles. The predicted octanol–water partition coefficient (Wildman–Crippen LogP) is 5.38. The largest absolute Gasteiger partial charge is 0.507 e. The number of nitrogens with zero attached hydrogens (tertiary/aromatic N) is 2. The minimum atomic E-state index is -0.312. The number of phenols is 1. The van der Waals surface area contributed by atoms with Crippen LogP contribution < -0.4 is 11.1 Å². The number of hydrogen-bond donors (Lipinski definition) is 5. The van der Waals surface area contributed by atoms with Crippen molar-refractivity contribution in [3.05, 3.63) is 89.6 Å². The van der Waals surface area contributed by atoms with Crippen LogP contribution in [0.5, 0.6) is 5.75 Å². The molecule has 0 saturated carbocycles. The Labute approximate surface area is 200 Å². The number of aliphatic hydroxyl groups is 1. The van der Waals surface area contributed by atoms with Crippen LogP contribution in [0, 0.1) is 0 Å². The molecule has 0 aliphatic rings. The van der Waals surface area contributed by atoms with Gasteiger partial charge in [0.1, 0.15) is 5.75 Å². The van der Waals surface area contributed by atoms with Crippen LogP contribution in [0.1, 0.15) is 11.6 Å². The van der Waals surface area contributed by atoms with Crippen molar-refractivity contribution in [1.29, 1.82) is 0 Å². The van der Waals surface area contributed by atoms with Gasteiger partial charge in [-0.05, 0) is 47.5 Å². The zero-order valence-electron chi connectivity index (χ0n) is 18.0. The van der Waals surface area contributed by atoms with E-state index in [1.807, 2.05) is 54.6 Å². The van der Waals surface area contributed by atoms with Gasteiger partial charge < -0.3 is 21.3 Å². The van der Waals surface area contributed by atoms with Crippen LogP contribution >= 0.6 is 11.6 Å². The maximum absolute atomic E-state index is 10.6. The number of rotatable bonds is 6. The highest BCUT2D eigenvalue weighted by atomic mass is 35.5. The second-order valence-electron chi connectivity index (χ2n) is 7.94. The molecule has 0 bridgehead atoms. The third kappa shape index (κ3) is 4.14. The molecule has 5 aromatic rings. The monoisotopic (exact) mass is 471 g/mol. The number of anilines is 2. The summed E-state index contributed by atoms with van der Waals surface area (Å²) in [5, 5.41) is 32.2. The van der Waals surface area contributed by atoms with Crippen LogP contribution in [-0.4, -0.2) is 32.0 Å². The molecule has 8 heteroatoms. The summed E-state index contributed by atoms with van der Waals surface area (Å²) in [7, 11) is 0. The quantitative estimate of drug-likeness (QED) is 0.227. The molecule has 2 heterocycles. The van der Waals surface area contributed by atoms with E-state index in [4.69, 9.17) is 17.3 Å². The summed E-state index contributed by atoms with van der Waals surface area (Å²) in [5.74, 6) is 0.468. The van der Waals surface area contributed by atoms with E-state index in [9.17, 15) is 10.2 Å². The molecule has 5 rings (SSSR count). The molecule has 6 N–H and O–H groups in total. The first-order valence-corrected chi connectivity index (χ1v) is 11.1. The number of aromatic nitrogens is 3. The fourth-order valence-corrected chi connectivity index (χ4v) is 4.17. The van der Waals surface area contributed by atoms with Crippen molar-refractivity contribution in [1.82, 2.24) is 15.2 Å². The lowest BCUT2D eigenvalue weighted by molar-refractivity contribution is 0.276. The number of aliphatic hydroxyl groups excluding tert-OH is 1. The number of nitrogen functional groups attached to an aromatic ring is 1. The van der Waals surface area contributed by atoms with Crippen molar-refractivity contribution in [2.45, 2.75) is 6.04 Å². The molecule has 170 valence electrons. The summed E-state index contributed by atoms with van der Waals surface area (Å²) in [6, 6.07) is 21.9. The van der Waals surface area contributed by atoms with Crippen LogP contribution in [0.15, 0.2) is 79.0 Å². The lowest BCUT2D eigenvalue weighted by atomic mass is 9.97. The summed E-state index contributed by atoms with van der Waals surface area (Å²) in [6.07, 6.45) is 1.68. The first-order chi connectivity index (χ1) is 16.5. The van der Waals surface area contributed by atoms with Gasteiger partial charge in [0.25, 0.3) is 0 Å². The van der Waals surface area contributed by atoms with Gasteiger partial charge in [-0.3, -0.25) is 10.1 Å². The molecular formula is C26H22ClN5O2. The van der Waals surface area contributed by atoms with Crippen LogP contribution in [0.2, 0.25) is 5.02 Å². The van der Waals surface area contributed by atoms with Gasteiger partial charge in [-0.15, -0.1) is 0 Å². The summed E-state index contributed by atoms with van der Waals surface area (Å²) in [5.41, 5.74) is 11.2. The van der Waals surface area contributed by atoms with Crippen molar-refractivity contribution in [3.8, 4) is 28.1 Å². The Balaban J connectivity index is 1.65. The van der Waals surface area contributed by atoms with Crippen LogP contribution in [-0.2, 0) is 0 Å². The normalized spacial score (nSPS) is 12.1. The first kappa shape index (κ1) is 21.8. The average Bonchev–Trinajstić information content (AvgIpc) is 3.24. The number of pyridine rings is 1. The van der Waals surface area contributed by atoms with Crippen molar-refractivity contribution >= 4 is 34.0 Å². The highest BCUT2D eigenvalue weighted by molar-refractivity contribution is 6.31. The fraction of sp³-hybridized carbons (Fsp3) is 0.0769. The molecule has 0 aliphatic carbocycles. The van der Waals surface area contributed by atoms with E-state index < -0.39 is 0 Å². The number of benzene rings is 3. The highest BCUT2D eigenvalue weighted by Gasteiger charge is 2.17. The van der Waals surface area contributed by atoms with Gasteiger partial charge in [0.2, 0.25) is 0 Å². The van der Waals surface area contributed by atoms with Gasteiger partial charge in [-0.25, -0.2) is 0 Å². The Morgan fingerprint density at radius 3 is 2.62 bits per heavy atom. The molecule has 2 aromatic heterocycles. The maximum Gasteiger partial charge on any atom is 0.153 e. The molecule has 0 saturated heterocycles. The Hall–Kier alpha value is -4.07. The zero-order chi connectivity index (χ0) is 23.7. The second-order valence-corrected chi connectivity index (χ2v) is 8.38. The minimum absolute atomic E-state index is 0.0697. The molecule has 0 spiro atoms. The third-order valence-corrected chi connectivity index (χ3v) is 5.97. The van der Waals surface area contributed by atoms with E-state index in [1.165, 1.54) is 0 Å². The lowest BCUT2D eigenvalue weighted by Crippen LogP contribution is -2.15. The van der Waals surface area contributed by atoms with E-state index in [0.29, 0.717) is 27.8 Å². The van der Waals surface area contributed by atoms with Crippen molar-refractivity contribution in [2.24, 2.45) is 0 Å². The number of halogens is 1. The maximum atomic E-state index is 10.6. The Morgan fingerprint density at radius 1 is 1.00 bits per heavy atom. The summed E-state index contributed by atoms with van der Waals surface area (Å²) >= 11 is 6.23. The molecule has 34 heavy (non-hydrogen) atoms. The fourth-order valence-electron chi connectivity index (χ4n) is 4.00. The minimum Gasteiger partial charge on any atom is -0.507 e. The van der Waals surface area contributed by atoms with Crippen molar-refractivity contribution in [3.63, 3.8) is 0 Å². The number of aromatic amines is 1.